The lowest BCUT2D eigenvalue weighted by molar-refractivity contribution is -0.188. The van der Waals surface area contributed by atoms with Crippen LogP contribution in [0, 0.1) is 5.92 Å². The quantitative estimate of drug-likeness (QED) is 0.811. The largest absolute Gasteiger partial charge is 0.411 e. The van der Waals surface area contributed by atoms with Crippen LogP contribution in [0.3, 0.4) is 0 Å². The summed E-state index contributed by atoms with van der Waals surface area (Å²) in [7, 11) is 0. The highest BCUT2D eigenvalue weighted by Crippen LogP contribution is 2.24. The van der Waals surface area contributed by atoms with E-state index in [0.717, 1.165) is 12.8 Å². The zero-order chi connectivity index (χ0) is 15.5. The van der Waals surface area contributed by atoms with Gasteiger partial charge in [-0.1, -0.05) is 0 Å². The van der Waals surface area contributed by atoms with Crippen LogP contribution in [0.25, 0.3) is 0 Å². The lowest BCUT2D eigenvalue weighted by Crippen LogP contribution is -2.47. The van der Waals surface area contributed by atoms with E-state index < -0.39 is 18.9 Å². The summed E-state index contributed by atoms with van der Waals surface area (Å²) < 4.78 is 46.4. The van der Waals surface area contributed by atoms with Crippen molar-refractivity contribution in [2.45, 2.75) is 50.0 Å². The van der Waals surface area contributed by atoms with Gasteiger partial charge in [-0.2, -0.15) is 13.2 Å². The van der Waals surface area contributed by atoms with Crippen LogP contribution in [0.15, 0.2) is 0 Å². The second-order valence-electron chi connectivity index (χ2n) is 5.73. The van der Waals surface area contributed by atoms with Crippen LogP contribution in [0.5, 0.6) is 0 Å². The summed E-state index contributed by atoms with van der Waals surface area (Å²) in [5, 5.41) is 2.86. The van der Waals surface area contributed by atoms with E-state index >= 15 is 0 Å². The van der Waals surface area contributed by atoms with E-state index in [2.05, 4.69) is 5.32 Å². The first-order valence-electron chi connectivity index (χ1n) is 7.17. The zero-order valence-corrected chi connectivity index (χ0v) is 11.7. The number of carbonyl (C=O) groups excluding carboxylic acids is 1. The monoisotopic (exact) mass is 310 g/mol. The minimum atomic E-state index is -4.32. The molecule has 5 nitrogen and oxygen atoms in total. The molecule has 21 heavy (non-hydrogen) atoms. The summed E-state index contributed by atoms with van der Waals surface area (Å²) in [6.45, 7) is -0.576. The molecule has 1 heterocycles. The van der Waals surface area contributed by atoms with Gasteiger partial charge in [-0.25, -0.2) is 0 Å². The van der Waals surface area contributed by atoms with Gasteiger partial charge < -0.3 is 20.5 Å². The Morgan fingerprint density at radius 1 is 1.33 bits per heavy atom. The van der Waals surface area contributed by atoms with Crippen LogP contribution in [-0.4, -0.2) is 50.1 Å². The average Bonchev–Trinajstić information content (AvgIpc) is 2.82. The highest BCUT2D eigenvalue weighted by molar-refractivity contribution is 5.80. The Kier molecular flexibility index (Phi) is 5.45. The predicted molar refractivity (Wildman–Crippen MR) is 68.5 cm³/mol. The third-order valence-electron chi connectivity index (χ3n) is 3.92. The molecule has 1 amide bonds. The Labute approximate surface area is 121 Å². The summed E-state index contributed by atoms with van der Waals surface area (Å²) in [6, 6.07) is -0.469. The first kappa shape index (κ1) is 16.5. The molecule has 122 valence electrons. The molecule has 0 spiro atoms. The number of ether oxygens (including phenoxy) is 2. The van der Waals surface area contributed by atoms with Crippen molar-refractivity contribution in [2.24, 2.45) is 11.7 Å². The number of hydrogen-bond donors (Lipinski definition) is 2. The van der Waals surface area contributed by atoms with E-state index in [-0.39, 0.29) is 23.9 Å². The average molecular weight is 310 g/mol. The molecule has 0 bridgehead atoms. The van der Waals surface area contributed by atoms with Crippen LogP contribution in [0.1, 0.15) is 25.7 Å². The second kappa shape index (κ2) is 6.93. The summed E-state index contributed by atoms with van der Waals surface area (Å²) in [5.74, 6) is -0.553. The van der Waals surface area contributed by atoms with E-state index in [1.54, 1.807) is 0 Å². The molecule has 8 heteroatoms. The second-order valence-corrected chi connectivity index (χ2v) is 5.73. The fourth-order valence-corrected chi connectivity index (χ4v) is 2.79. The van der Waals surface area contributed by atoms with Gasteiger partial charge in [0.1, 0.15) is 6.61 Å². The SMILES string of the molecule is NC1COCC1C(=O)NC1CCCC(OCC(F)(F)F)C1. The van der Waals surface area contributed by atoms with Crippen LogP contribution >= 0.6 is 0 Å². The maximum absolute atomic E-state index is 12.1. The molecule has 2 aliphatic rings. The zero-order valence-electron chi connectivity index (χ0n) is 11.7. The fraction of sp³-hybridized carbons (Fsp3) is 0.923. The van der Waals surface area contributed by atoms with Crippen LogP contribution in [0.2, 0.25) is 0 Å². The highest BCUT2D eigenvalue weighted by atomic mass is 19.4. The molecule has 1 saturated carbocycles. The Balaban J connectivity index is 1.77. The standard InChI is InChI=1S/C13H21F3N2O3/c14-13(15,16)7-21-9-3-1-2-8(4-9)18-12(19)10-5-20-6-11(10)17/h8-11H,1-7,17H2,(H,18,19). The number of nitrogens with one attached hydrogen (secondary N) is 1. The molecule has 4 unspecified atom stereocenters. The summed E-state index contributed by atoms with van der Waals surface area (Å²) in [6.07, 6.45) is -2.29. The molecule has 1 aliphatic heterocycles. The van der Waals surface area contributed by atoms with Crippen molar-refractivity contribution in [3.05, 3.63) is 0 Å². The van der Waals surface area contributed by atoms with Crippen molar-refractivity contribution in [2.75, 3.05) is 19.8 Å². The number of alkyl halides is 3. The van der Waals surface area contributed by atoms with Gasteiger partial charge in [0.2, 0.25) is 5.91 Å². The molecular weight excluding hydrogens is 289 g/mol. The third kappa shape index (κ3) is 5.12. The molecular formula is C13H21F3N2O3. The Morgan fingerprint density at radius 3 is 2.71 bits per heavy atom. The van der Waals surface area contributed by atoms with Crippen molar-refractivity contribution in [1.82, 2.24) is 5.32 Å². The van der Waals surface area contributed by atoms with E-state index in [1.807, 2.05) is 0 Å². The number of nitrogens with two attached hydrogens (primary N) is 1. The van der Waals surface area contributed by atoms with E-state index in [0.29, 0.717) is 26.1 Å². The Morgan fingerprint density at radius 2 is 2.10 bits per heavy atom. The van der Waals surface area contributed by atoms with Gasteiger partial charge in [-0.05, 0) is 25.7 Å². The molecule has 1 aliphatic carbocycles. The highest BCUT2D eigenvalue weighted by Gasteiger charge is 2.34. The van der Waals surface area contributed by atoms with Gasteiger partial charge in [-0.15, -0.1) is 0 Å². The Bertz CT molecular complexity index is 365. The van der Waals surface area contributed by atoms with E-state index in [9.17, 15) is 18.0 Å². The van der Waals surface area contributed by atoms with Gasteiger partial charge in [0.25, 0.3) is 0 Å². The molecule has 0 aromatic heterocycles. The molecule has 2 fully saturated rings. The maximum Gasteiger partial charge on any atom is 0.411 e. The lowest BCUT2D eigenvalue weighted by Gasteiger charge is -2.31. The van der Waals surface area contributed by atoms with Crippen molar-refractivity contribution in [1.29, 1.82) is 0 Å². The number of amides is 1. The van der Waals surface area contributed by atoms with Gasteiger partial charge in [0, 0.05) is 12.1 Å². The van der Waals surface area contributed by atoms with E-state index in [4.69, 9.17) is 15.2 Å². The van der Waals surface area contributed by atoms with Gasteiger partial charge in [0.05, 0.1) is 25.2 Å². The first-order valence-corrected chi connectivity index (χ1v) is 7.17. The maximum atomic E-state index is 12.1. The lowest BCUT2D eigenvalue weighted by atomic mass is 9.92. The predicted octanol–water partition coefficient (Wildman–Crippen LogP) is 0.966. The van der Waals surface area contributed by atoms with Crippen LogP contribution in [0.4, 0.5) is 13.2 Å². The molecule has 0 aromatic rings. The summed E-state index contributed by atoms with van der Waals surface area (Å²) >= 11 is 0. The summed E-state index contributed by atoms with van der Waals surface area (Å²) in [4.78, 5) is 12.1. The van der Waals surface area contributed by atoms with Crippen molar-refractivity contribution in [3.63, 3.8) is 0 Å². The number of carbonyl (C=O) groups is 1. The topological polar surface area (TPSA) is 73.6 Å². The van der Waals surface area contributed by atoms with Crippen molar-refractivity contribution < 1.29 is 27.4 Å². The normalized spacial score (nSPS) is 33.9. The van der Waals surface area contributed by atoms with Crippen LogP contribution in [-0.2, 0) is 14.3 Å². The van der Waals surface area contributed by atoms with Crippen molar-refractivity contribution >= 4 is 5.91 Å². The number of rotatable bonds is 4. The fourth-order valence-electron chi connectivity index (χ4n) is 2.79. The first-order chi connectivity index (χ1) is 9.85. The summed E-state index contributed by atoms with van der Waals surface area (Å²) in [5.41, 5.74) is 5.77. The molecule has 0 radical (unpaired) electrons. The Hall–Kier alpha value is -0.860. The third-order valence-corrected chi connectivity index (χ3v) is 3.92. The molecule has 3 N–H and O–H groups in total. The molecule has 4 atom stereocenters. The molecule has 2 rings (SSSR count). The number of hydrogen-bond acceptors (Lipinski definition) is 4. The van der Waals surface area contributed by atoms with Crippen molar-refractivity contribution in [3.8, 4) is 0 Å². The molecule has 1 saturated heterocycles. The molecule has 0 aromatic carbocycles. The van der Waals surface area contributed by atoms with Gasteiger partial charge in [-0.3, -0.25) is 4.79 Å². The minimum absolute atomic E-state index is 0.155. The smallest absolute Gasteiger partial charge is 0.379 e. The van der Waals surface area contributed by atoms with Crippen LogP contribution < -0.4 is 11.1 Å². The van der Waals surface area contributed by atoms with Gasteiger partial charge >= 0.3 is 6.18 Å². The van der Waals surface area contributed by atoms with Gasteiger partial charge in [0.15, 0.2) is 0 Å². The van der Waals surface area contributed by atoms with E-state index in [1.165, 1.54) is 0 Å². The minimum Gasteiger partial charge on any atom is -0.379 e. The number of halogens is 3.